The molecule has 2 aromatic heterocycles. The molecule has 8 nitrogen and oxygen atoms in total. The summed E-state index contributed by atoms with van der Waals surface area (Å²) < 4.78 is 7.78. The number of benzene rings is 2. The third-order valence-electron chi connectivity index (χ3n) is 5.55. The molecule has 2 heterocycles. The molecule has 0 spiro atoms. The third-order valence-corrected chi connectivity index (χ3v) is 6.44. The molecule has 9 heteroatoms. The lowest BCUT2D eigenvalue weighted by Crippen LogP contribution is -2.40. The van der Waals surface area contributed by atoms with Crippen LogP contribution in [0.5, 0.6) is 0 Å². The number of carbonyl (C=O) groups is 2. The van der Waals surface area contributed by atoms with Crippen LogP contribution in [0, 0.1) is 13.8 Å². The number of fused-ring (bicyclic) bond motifs is 1. The minimum Gasteiger partial charge on any atom is -0.462 e. The Morgan fingerprint density at radius 3 is 2.47 bits per heavy atom. The van der Waals surface area contributed by atoms with Gasteiger partial charge in [-0.05, 0) is 73.7 Å². The molecule has 4 aromatic rings. The van der Waals surface area contributed by atoms with Gasteiger partial charge in [-0.2, -0.15) is 0 Å². The minimum absolute atomic E-state index is 0.271. The normalized spacial score (nSPS) is 10.9. The van der Waals surface area contributed by atoms with Crippen molar-refractivity contribution in [2.45, 2.75) is 27.3 Å². The molecule has 0 aliphatic carbocycles. The van der Waals surface area contributed by atoms with Crippen LogP contribution in [0.15, 0.2) is 63.5 Å². The van der Waals surface area contributed by atoms with Gasteiger partial charge in [0.05, 0.1) is 23.4 Å². The topological polar surface area (TPSA) is 99.4 Å². The van der Waals surface area contributed by atoms with E-state index in [9.17, 15) is 19.2 Å². The molecule has 174 valence electrons. The van der Waals surface area contributed by atoms with E-state index in [1.807, 2.05) is 19.9 Å². The van der Waals surface area contributed by atoms with E-state index in [1.54, 1.807) is 54.8 Å². The maximum Gasteiger partial charge on any atom is 0.338 e. The Bertz CT molecular complexity index is 1510. The lowest BCUT2D eigenvalue weighted by atomic mass is 10.1. The Morgan fingerprint density at radius 1 is 1.03 bits per heavy atom. The van der Waals surface area contributed by atoms with Gasteiger partial charge in [-0.25, -0.2) is 14.2 Å². The SMILES string of the molecule is CCOC(=O)c1ccc(NC(=O)Cn2c(=O)n(-c3cccc(C)c3C)c(=O)c3sccc32)cc1. The van der Waals surface area contributed by atoms with Crippen LogP contribution in [0.3, 0.4) is 0 Å². The van der Waals surface area contributed by atoms with Gasteiger partial charge in [-0.15, -0.1) is 11.3 Å². The van der Waals surface area contributed by atoms with Gasteiger partial charge in [0.1, 0.15) is 11.2 Å². The molecular weight excluding hydrogens is 454 g/mol. The highest BCUT2D eigenvalue weighted by Gasteiger charge is 2.19. The first-order valence-electron chi connectivity index (χ1n) is 10.7. The molecule has 0 saturated carbocycles. The molecule has 0 radical (unpaired) electrons. The Balaban J connectivity index is 1.69. The van der Waals surface area contributed by atoms with E-state index in [4.69, 9.17) is 4.74 Å². The van der Waals surface area contributed by atoms with Gasteiger partial charge in [0.2, 0.25) is 5.91 Å². The van der Waals surface area contributed by atoms with E-state index < -0.39 is 23.1 Å². The van der Waals surface area contributed by atoms with Crippen molar-refractivity contribution in [1.29, 1.82) is 0 Å². The molecule has 0 fully saturated rings. The van der Waals surface area contributed by atoms with E-state index in [0.717, 1.165) is 15.7 Å². The summed E-state index contributed by atoms with van der Waals surface area (Å²) in [5.74, 6) is -0.884. The Labute approximate surface area is 199 Å². The molecule has 1 N–H and O–H groups in total. The molecular formula is C25H23N3O5S. The van der Waals surface area contributed by atoms with Crippen molar-refractivity contribution >= 4 is 39.1 Å². The summed E-state index contributed by atoms with van der Waals surface area (Å²) in [5.41, 5.74) is 2.52. The first-order valence-corrected chi connectivity index (χ1v) is 11.6. The average molecular weight is 478 g/mol. The highest BCUT2D eigenvalue weighted by atomic mass is 32.1. The van der Waals surface area contributed by atoms with Crippen molar-refractivity contribution in [2.24, 2.45) is 0 Å². The van der Waals surface area contributed by atoms with Gasteiger partial charge >= 0.3 is 11.7 Å². The van der Waals surface area contributed by atoms with Crippen LogP contribution in [0.4, 0.5) is 5.69 Å². The molecule has 1 amide bonds. The van der Waals surface area contributed by atoms with Crippen molar-refractivity contribution in [3.63, 3.8) is 0 Å². The minimum atomic E-state index is -0.586. The van der Waals surface area contributed by atoms with Crippen molar-refractivity contribution in [2.75, 3.05) is 11.9 Å². The Morgan fingerprint density at radius 2 is 1.76 bits per heavy atom. The Hall–Kier alpha value is -3.98. The van der Waals surface area contributed by atoms with E-state index in [-0.39, 0.29) is 13.2 Å². The predicted molar refractivity (Wildman–Crippen MR) is 132 cm³/mol. The molecule has 2 aromatic carbocycles. The summed E-state index contributed by atoms with van der Waals surface area (Å²) in [6, 6.07) is 13.4. The molecule has 0 saturated heterocycles. The quantitative estimate of drug-likeness (QED) is 0.428. The standard InChI is InChI=1S/C25H23N3O5S/c1-4-33-24(31)17-8-10-18(11-9-17)26-21(29)14-27-20-12-13-34-22(20)23(30)28(25(27)32)19-7-5-6-15(2)16(19)3/h5-13H,4,14H2,1-3H3,(H,26,29). The fourth-order valence-electron chi connectivity index (χ4n) is 3.68. The number of aromatic nitrogens is 2. The van der Waals surface area contributed by atoms with Crippen molar-refractivity contribution in [3.8, 4) is 5.69 Å². The molecule has 0 atom stereocenters. The fourth-order valence-corrected chi connectivity index (χ4v) is 4.50. The lowest BCUT2D eigenvalue weighted by Gasteiger charge is -2.15. The number of esters is 1. The smallest absolute Gasteiger partial charge is 0.338 e. The number of amides is 1. The number of carbonyl (C=O) groups excluding carboxylic acids is 2. The summed E-state index contributed by atoms with van der Waals surface area (Å²) in [6.07, 6.45) is 0. The number of hydrogen-bond donors (Lipinski definition) is 1. The van der Waals surface area contributed by atoms with Gasteiger partial charge in [0.15, 0.2) is 0 Å². The van der Waals surface area contributed by atoms with Crippen LogP contribution in [-0.2, 0) is 16.1 Å². The number of hydrogen-bond acceptors (Lipinski definition) is 6. The maximum absolute atomic E-state index is 13.4. The summed E-state index contributed by atoms with van der Waals surface area (Å²) >= 11 is 1.23. The van der Waals surface area contributed by atoms with E-state index in [0.29, 0.717) is 27.2 Å². The lowest BCUT2D eigenvalue weighted by molar-refractivity contribution is -0.116. The van der Waals surface area contributed by atoms with Gasteiger partial charge in [0, 0.05) is 5.69 Å². The summed E-state index contributed by atoms with van der Waals surface area (Å²) in [6.45, 7) is 5.48. The zero-order chi connectivity index (χ0) is 24.4. The van der Waals surface area contributed by atoms with E-state index in [2.05, 4.69) is 5.32 Å². The van der Waals surface area contributed by atoms with Gasteiger partial charge in [0.25, 0.3) is 5.56 Å². The number of rotatable bonds is 6. The second kappa shape index (κ2) is 9.48. The average Bonchev–Trinajstić information content (AvgIpc) is 3.30. The molecule has 34 heavy (non-hydrogen) atoms. The molecule has 0 aliphatic rings. The highest BCUT2D eigenvalue weighted by Crippen LogP contribution is 2.19. The molecule has 0 bridgehead atoms. The fraction of sp³-hybridized carbons (Fsp3) is 0.200. The zero-order valence-corrected chi connectivity index (χ0v) is 19.8. The van der Waals surface area contributed by atoms with Crippen LogP contribution < -0.4 is 16.6 Å². The maximum atomic E-state index is 13.4. The number of anilines is 1. The van der Waals surface area contributed by atoms with Crippen LogP contribution in [0.1, 0.15) is 28.4 Å². The van der Waals surface area contributed by atoms with E-state index >= 15 is 0 Å². The van der Waals surface area contributed by atoms with Gasteiger partial charge in [-0.1, -0.05) is 12.1 Å². The number of thiophene rings is 1. The number of aryl methyl sites for hydroxylation is 1. The summed E-state index contributed by atoms with van der Waals surface area (Å²) in [7, 11) is 0. The van der Waals surface area contributed by atoms with E-state index in [1.165, 1.54) is 15.9 Å². The van der Waals surface area contributed by atoms with Gasteiger partial charge < -0.3 is 10.1 Å². The monoisotopic (exact) mass is 477 g/mol. The van der Waals surface area contributed by atoms with Crippen molar-refractivity contribution < 1.29 is 14.3 Å². The summed E-state index contributed by atoms with van der Waals surface area (Å²) in [5, 5.41) is 4.46. The first-order chi connectivity index (χ1) is 16.3. The number of ether oxygens (including phenoxy) is 1. The third kappa shape index (κ3) is 4.29. The zero-order valence-electron chi connectivity index (χ0n) is 19.0. The summed E-state index contributed by atoms with van der Waals surface area (Å²) in [4.78, 5) is 51.2. The van der Waals surface area contributed by atoms with Crippen LogP contribution in [0.25, 0.3) is 15.9 Å². The molecule has 4 rings (SSSR count). The van der Waals surface area contributed by atoms with Gasteiger partial charge in [-0.3, -0.25) is 14.2 Å². The second-order valence-electron chi connectivity index (χ2n) is 7.71. The van der Waals surface area contributed by atoms with Crippen LogP contribution >= 0.6 is 11.3 Å². The van der Waals surface area contributed by atoms with Crippen molar-refractivity contribution in [3.05, 3.63) is 91.4 Å². The number of nitrogens with one attached hydrogen (secondary N) is 1. The van der Waals surface area contributed by atoms with Crippen molar-refractivity contribution in [1.82, 2.24) is 9.13 Å². The first kappa shape index (κ1) is 23.2. The number of nitrogens with zero attached hydrogens (tertiary/aromatic N) is 2. The largest absolute Gasteiger partial charge is 0.462 e. The Kier molecular flexibility index (Phi) is 6.47. The van der Waals surface area contributed by atoms with Crippen LogP contribution in [-0.4, -0.2) is 27.6 Å². The van der Waals surface area contributed by atoms with Crippen LogP contribution in [0.2, 0.25) is 0 Å². The molecule has 0 aliphatic heterocycles. The molecule has 0 unspecified atom stereocenters. The highest BCUT2D eigenvalue weighted by molar-refractivity contribution is 7.17. The second-order valence-corrected chi connectivity index (χ2v) is 8.63. The predicted octanol–water partition coefficient (Wildman–Crippen LogP) is 3.65.